The van der Waals surface area contributed by atoms with Gasteiger partial charge in [-0.3, -0.25) is 4.99 Å². The van der Waals surface area contributed by atoms with Gasteiger partial charge in [0.05, 0.1) is 4.90 Å². The van der Waals surface area contributed by atoms with Crippen molar-refractivity contribution < 1.29 is 26.3 Å². The molecule has 0 aliphatic carbocycles. The Balaban J connectivity index is 0.00000480. The summed E-state index contributed by atoms with van der Waals surface area (Å²) in [4.78, 5) is 4.32. The van der Waals surface area contributed by atoms with Gasteiger partial charge in [-0.05, 0) is 36.2 Å². The van der Waals surface area contributed by atoms with Crippen molar-refractivity contribution in [3.05, 3.63) is 59.2 Å². The van der Waals surface area contributed by atoms with Crippen LogP contribution >= 0.6 is 24.0 Å². The molecule has 0 fully saturated rings. The van der Waals surface area contributed by atoms with E-state index in [-0.39, 0.29) is 41.2 Å². The van der Waals surface area contributed by atoms with Gasteiger partial charge in [-0.2, -0.15) is 13.2 Å². The number of nitrogens with zero attached hydrogens (tertiary/aromatic N) is 1. The van der Waals surface area contributed by atoms with Gasteiger partial charge in [-0.25, -0.2) is 8.42 Å². The largest absolute Gasteiger partial charge is 0.484 e. The number of nitrogens with one attached hydrogen (secondary N) is 2. The van der Waals surface area contributed by atoms with Crippen molar-refractivity contribution in [2.24, 2.45) is 4.99 Å². The summed E-state index contributed by atoms with van der Waals surface area (Å²) in [5.74, 6) is 0.594. The van der Waals surface area contributed by atoms with E-state index in [0.717, 1.165) is 17.4 Å². The number of hydrogen-bond acceptors (Lipinski definition) is 4. The highest BCUT2D eigenvalue weighted by atomic mass is 127. The molecule has 0 heterocycles. The average molecular weight is 571 g/mol. The van der Waals surface area contributed by atoms with Gasteiger partial charge >= 0.3 is 6.18 Å². The quantitative estimate of drug-likeness (QED) is 0.300. The Labute approximate surface area is 197 Å². The first-order chi connectivity index (χ1) is 14.0. The summed E-state index contributed by atoms with van der Waals surface area (Å²) in [5, 5.41) is 6.10. The third-order valence-corrected chi connectivity index (χ3v) is 5.22. The maximum Gasteiger partial charge on any atom is 0.422 e. The molecule has 2 N–H and O–H groups in total. The zero-order chi connectivity index (χ0) is 22.4. The molecule has 31 heavy (non-hydrogen) atoms. The molecule has 172 valence electrons. The minimum atomic E-state index is -4.42. The average Bonchev–Trinajstić information content (AvgIpc) is 2.66. The van der Waals surface area contributed by atoms with E-state index in [1.54, 1.807) is 44.3 Å². The fourth-order valence-electron chi connectivity index (χ4n) is 2.54. The van der Waals surface area contributed by atoms with E-state index in [9.17, 15) is 21.6 Å². The van der Waals surface area contributed by atoms with Crippen LogP contribution < -0.4 is 15.4 Å². The first kappa shape index (κ1) is 27.0. The van der Waals surface area contributed by atoms with Crippen LogP contribution in [0.25, 0.3) is 0 Å². The molecular formula is C20H25F3IN3O3S. The van der Waals surface area contributed by atoms with Gasteiger partial charge in [0.2, 0.25) is 0 Å². The van der Waals surface area contributed by atoms with Gasteiger partial charge in [0.1, 0.15) is 5.75 Å². The maximum atomic E-state index is 12.5. The Kier molecular flexibility index (Phi) is 10.1. The molecule has 2 rings (SSSR count). The Hall–Kier alpha value is -2.02. The number of alkyl halides is 3. The lowest BCUT2D eigenvalue weighted by atomic mass is 10.1. The third kappa shape index (κ3) is 9.33. The number of guanidine groups is 1. The Morgan fingerprint density at radius 3 is 2.23 bits per heavy atom. The smallest absolute Gasteiger partial charge is 0.422 e. The maximum absolute atomic E-state index is 12.5. The molecule has 2 aromatic carbocycles. The van der Waals surface area contributed by atoms with Crippen molar-refractivity contribution in [3.8, 4) is 5.75 Å². The van der Waals surface area contributed by atoms with Gasteiger partial charge in [0.25, 0.3) is 0 Å². The molecular weight excluding hydrogens is 546 g/mol. The predicted octanol–water partition coefficient (Wildman–Crippen LogP) is 3.82. The zero-order valence-electron chi connectivity index (χ0n) is 17.3. The first-order valence-corrected chi connectivity index (χ1v) is 10.9. The van der Waals surface area contributed by atoms with E-state index < -0.39 is 22.6 Å². The number of rotatable bonds is 7. The summed E-state index contributed by atoms with van der Waals surface area (Å²) in [6.45, 7) is 1.00. The summed E-state index contributed by atoms with van der Waals surface area (Å²) in [6.07, 6.45) is -3.28. The lowest BCUT2D eigenvalue weighted by molar-refractivity contribution is -0.153. The van der Waals surface area contributed by atoms with Crippen LogP contribution in [-0.2, 0) is 22.9 Å². The highest BCUT2D eigenvalue weighted by Crippen LogP contribution is 2.23. The van der Waals surface area contributed by atoms with Crippen LogP contribution in [0.3, 0.4) is 0 Å². The second-order valence-electron chi connectivity index (χ2n) is 6.71. The minimum absolute atomic E-state index is 0. The predicted molar refractivity (Wildman–Crippen MR) is 125 cm³/mol. The van der Waals surface area contributed by atoms with Crippen LogP contribution in [0.2, 0.25) is 0 Å². The lowest BCUT2D eigenvalue weighted by Gasteiger charge is -2.16. The van der Waals surface area contributed by atoms with Gasteiger partial charge in [0.15, 0.2) is 22.4 Å². The summed E-state index contributed by atoms with van der Waals surface area (Å²) in [7, 11) is -1.69. The molecule has 0 aliphatic rings. The highest BCUT2D eigenvalue weighted by molar-refractivity contribution is 14.0. The minimum Gasteiger partial charge on any atom is -0.484 e. The number of aliphatic imine (C=N–C) groups is 1. The Morgan fingerprint density at radius 2 is 1.68 bits per heavy atom. The SMILES string of the molecule is CN=C(NCc1ccc(S(C)(=O)=O)cc1)NCc1ccc(C)cc1OCC(F)(F)F.I. The molecule has 0 unspecified atom stereocenters. The number of ether oxygens (including phenoxy) is 1. The molecule has 0 saturated carbocycles. The number of sulfone groups is 1. The Bertz CT molecular complexity index is 995. The van der Waals surface area contributed by atoms with Crippen molar-refractivity contribution >= 4 is 39.8 Å². The molecule has 0 bridgehead atoms. The van der Waals surface area contributed by atoms with Gasteiger partial charge in [0, 0.05) is 32.0 Å². The van der Waals surface area contributed by atoms with Crippen LogP contribution in [0.15, 0.2) is 52.4 Å². The molecule has 11 heteroatoms. The number of hydrogen-bond donors (Lipinski definition) is 2. The third-order valence-electron chi connectivity index (χ3n) is 4.10. The molecule has 0 saturated heterocycles. The van der Waals surface area contributed by atoms with Crippen LogP contribution in [0.4, 0.5) is 13.2 Å². The van der Waals surface area contributed by atoms with Gasteiger partial charge in [-0.1, -0.05) is 24.3 Å². The molecule has 0 aliphatic heterocycles. The number of aryl methyl sites for hydroxylation is 1. The van der Waals surface area contributed by atoms with E-state index in [2.05, 4.69) is 15.6 Å². The fraction of sp³-hybridized carbons (Fsp3) is 0.350. The molecule has 0 spiro atoms. The Morgan fingerprint density at radius 1 is 1.06 bits per heavy atom. The molecule has 2 aromatic rings. The van der Waals surface area contributed by atoms with E-state index >= 15 is 0 Å². The van der Waals surface area contributed by atoms with Crippen LogP contribution in [0.5, 0.6) is 5.75 Å². The van der Waals surface area contributed by atoms with E-state index in [1.807, 2.05) is 0 Å². The molecule has 0 aromatic heterocycles. The van der Waals surface area contributed by atoms with Gasteiger partial charge < -0.3 is 15.4 Å². The topological polar surface area (TPSA) is 79.8 Å². The van der Waals surface area contributed by atoms with E-state index in [4.69, 9.17) is 4.74 Å². The summed E-state index contributed by atoms with van der Waals surface area (Å²) in [6, 6.07) is 11.5. The van der Waals surface area contributed by atoms with Crippen molar-refractivity contribution in [2.75, 3.05) is 19.9 Å². The summed E-state index contributed by atoms with van der Waals surface area (Å²) >= 11 is 0. The lowest BCUT2D eigenvalue weighted by Crippen LogP contribution is -2.36. The van der Waals surface area contributed by atoms with Crippen LogP contribution in [-0.4, -0.2) is 40.5 Å². The molecule has 0 atom stereocenters. The second kappa shape index (κ2) is 11.6. The van der Waals surface area contributed by atoms with Crippen molar-refractivity contribution in [1.29, 1.82) is 0 Å². The van der Waals surface area contributed by atoms with Crippen molar-refractivity contribution in [2.45, 2.75) is 31.1 Å². The van der Waals surface area contributed by atoms with E-state index in [1.165, 1.54) is 12.1 Å². The van der Waals surface area contributed by atoms with E-state index in [0.29, 0.717) is 18.1 Å². The van der Waals surface area contributed by atoms with Crippen LogP contribution in [0, 0.1) is 6.92 Å². The first-order valence-electron chi connectivity index (χ1n) is 9.00. The van der Waals surface area contributed by atoms with Crippen molar-refractivity contribution in [1.82, 2.24) is 10.6 Å². The zero-order valence-corrected chi connectivity index (χ0v) is 20.4. The van der Waals surface area contributed by atoms with Crippen molar-refractivity contribution in [3.63, 3.8) is 0 Å². The summed E-state index contributed by atoms with van der Waals surface area (Å²) in [5.41, 5.74) is 2.19. The number of benzene rings is 2. The second-order valence-corrected chi connectivity index (χ2v) is 8.73. The highest BCUT2D eigenvalue weighted by Gasteiger charge is 2.28. The summed E-state index contributed by atoms with van der Waals surface area (Å²) < 4.78 is 65.4. The number of halogens is 4. The van der Waals surface area contributed by atoms with Crippen LogP contribution in [0.1, 0.15) is 16.7 Å². The normalized spacial score (nSPS) is 12.1. The fourth-order valence-corrected chi connectivity index (χ4v) is 3.17. The molecule has 6 nitrogen and oxygen atoms in total. The van der Waals surface area contributed by atoms with Gasteiger partial charge in [-0.15, -0.1) is 24.0 Å². The molecule has 0 amide bonds. The monoisotopic (exact) mass is 571 g/mol. The standard InChI is InChI=1S/C20H24F3N3O3S.HI/c1-14-4-7-16(18(10-14)29-13-20(21,22)23)12-26-19(24-2)25-11-15-5-8-17(9-6-15)30(3,27)28;/h4-10H,11-13H2,1-3H3,(H2,24,25,26);1H. The molecule has 0 radical (unpaired) electrons.